The Hall–Kier alpha value is -1.92. The van der Waals surface area contributed by atoms with Gasteiger partial charge in [-0.2, -0.15) is 0 Å². The zero-order valence-electron chi connectivity index (χ0n) is 49.1. The normalized spacial score (nSPS) is 12.8. The Bertz CT molecular complexity index is 1180. The van der Waals surface area contributed by atoms with Crippen LogP contribution in [0.25, 0.3) is 0 Å². The maximum Gasteiger partial charge on any atom is 0.305 e. The predicted molar refractivity (Wildman–Crippen MR) is 319 cm³/mol. The Morgan fingerprint density at radius 2 is 0.644 bits per heavy atom. The molecule has 0 aromatic heterocycles. The van der Waals surface area contributed by atoms with Gasteiger partial charge in [-0.15, -0.1) is 0 Å². The van der Waals surface area contributed by atoms with E-state index in [1.54, 1.807) is 6.08 Å². The standard InChI is InChI=1S/C67H127NO5/c1-3-5-7-9-11-13-15-17-18-30-34-37-41-45-49-53-57-61-67(72)73-62-58-54-50-46-42-38-35-32-29-27-25-23-21-19-20-22-24-26-28-31-33-36-40-44-48-52-56-60-66(71)68-64(63-69)65(70)59-55-51-47-43-39-16-14-12-10-8-6-4-2/h17-20,55,59,64-65,69-70H,3-16,21-54,56-58,60-63H2,1-2H3,(H,68,71)/b18-17-,20-19-,59-55+. The molecule has 0 aliphatic rings. The van der Waals surface area contributed by atoms with Gasteiger partial charge < -0.3 is 20.3 Å². The molecule has 6 heteroatoms. The first-order valence-corrected chi connectivity index (χ1v) is 32.8. The van der Waals surface area contributed by atoms with E-state index < -0.39 is 12.1 Å². The number of hydrogen-bond donors (Lipinski definition) is 3. The zero-order chi connectivity index (χ0) is 52.9. The first-order chi connectivity index (χ1) is 36.0. The zero-order valence-corrected chi connectivity index (χ0v) is 49.1. The minimum absolute atomic E-state index is 0.0115. The maximum atomic E-state index is 12.4. The van der Waals surface area contributed by atoms with Crippen molar-refractivity contribution in [1.82, 2.24) is 5.32 Å². The minimum atomic E-state index is -0.844. The number of ether oxygens (including phenoxy) is 1. The molecule has 430 valence electrons. The maximum absolute atomic E-state index is 12.4. The van der Waals surface area contributed by atoms with Gasteiger partial charge in [0.25, 0.3) is 0 Å². The second kappa shape index (κ2) is 62.6. The number of unbranched alkanes of at least 4 members (excludes halogenated alkanes) is 46. The van der Waals surface area contributed by atoms with Crippen LogP contribution in [0.2, 0.25) is 0 Å². The number of aliphatic hydroxyl groups excluding tert-OH is 2. The van der Waals surface area contributed by atoms with Gasteiger partial charge in [0.2, 0.25) is 5.91 Å². The molecule has 2 atom stereocenters. The van der Waals surface area contributed by atoms with E-state index in [4.69, 9.17) is 4.74 Å². The van der Waals surface area contributed by atoms with Crippen LogP contribution in [0.5, 0.6) is 0 Å². The van der Waals surface area contributed by atoms with Crippen LogP contribution in [0, 0.1) is 0 Å². The fourth-order valence-electron chi connectivity index (χ4n) is 10.1. The second-order valence-corrected chi connectivity index (χ2v) is 22.4. The van der Waals surface area contributed by atoms with Crippen LogP contribution in [0.4, 0.5) is 0 Å². The molecule has 2 unspecified atom stereocenters. The predicted octanol–water partition coefficient (Wildman–Crippen LogP) is 20.8. The molecule has 0 saturated carbocycles. The van der Waals surface area contributed by atoms with Crippen molar-refractivity contribution in [3.8, 4) is 0 Å². The summed E-state index contributed by atoms with van der Waals surface area (Å²) in [4.78, 5) is 24.5. The highest BCUT2D eigenvalue weighted by atomic mass is 16.5. The molecule has 3 N–H and O–H groups in total. The number of rotatable bonds is 61. The first-order valence-electron chi connectivity index (χ1n) is 32.8. The van der Waals surface area contributed by atoms with Gasteiger partial charge in [-0.3, -0.25) is 9.59 Å². The van der Waals surface area contributed by atoms with Crippen LogP contribution in [0.15, 0.2) is 36.5 Å². The third-order valence-corrected chi connectivity index (χ3v) is 15.1. The van der Waals surface area contributed by atoms with Crippen molar-refractivity contribution < 1.29 is 24.5 Å². The largest absolute Gasteiger partial charge is 0.466 e. The van der Waals surface area contributed by atoms with E-state index in [0.29, 0.717) is 19.4 Å². The number of amides is 1. The summed E-state index contributed by atoms with van der Waals surface area (Å²) < 4.78 is 5.50. The molecule has 0 spiro atoms. The molecule has 0 aromatic rings. The summed E-state index contributed by atoms with van der Waals surface area (Å²) in [5, 5.41) is 23.1. The van der Waals surface area contributed by atoms with Crippen LogP contribution in [-0.4, -0.2) is 47.4 Å². The summed E-state index contributed by atoms with van der Waals surface area (Å²) in [6.07, 6.45) is 79.2. The Kier molecular flexibility index (Phi) is 61.0. The van der Waals surface area contributed by atoms with E-state index in [0.717, 1.165) is 44.9 Å². The SMILES string of the molecule is CCCCCCCC/C=C\CCCCCCCCCC(=O)OCCCCCCCCCCCCCC/C=C\CCCCCCCCCCCCCC(=O)NC(CO)C(O)/C=C/CCCCCCCCCCCC. The Labute approximate surface area is 455 Å². The second-order valence-electron chi connectivity index (χ2n) is 22.4. The number of hydrogen-bond acceptors (Lipinski definition) is 5. The quantitative estimate of drug-likeness (QED) is 0.0320. The monoisotopic (exact) mass is 1030 g/mol. The summed E-state index contributed by atoms with van der Waals surface area (Å²) in [6, 6.07) is -0.627. The molecule has 0 aliphatic carbocycles. The lowest BCUT2D eigenvalue weighted by molar-refractivity contribution is -0.143. The molecule has 6 nitrogen and oxygen atoms in total. The highest BCUT2D eigenvalue weighted by Gasteiger charge is 2.18. The van der Waals surface area contributed by atoms with Crippen molar-refractivity contribution in [2.24, 2.45) is 0 Å². The molecule has 0 fully saturated rings. The van der Waals surface area contributed by atoms with Gasteiger partial charge in [0.15, 0.2) is 0 Å². The summed E-state index contributed by atoms with van der Waals surface area (Å²) in [7, 11) is 0. The lowest BCUT2D eigenvalue weighted by Gasteiger charge is -2.20. The van der Waals surface area contributed by atoms with Crippen molar-refractivity contribution in [2.75, 3.05) is 13.2 Å². The summed E-state index contributed by atoms with van der Waals surface area (Å²) >= 11 is 0. The highest BCUT2D eigenvalue weighted by molar-refractivity contribution is 5.76. The molecule has 0 rings (SSSR count). The number of carbonyl (C=O) groups excluding carboxylic acids is 2. The molecular weight excluding hydrogens is 899 g/mol. The van der Waals surface area contributed by atoms with Gasteiger partial charge in [0, 0.05) is 12.8 Å². The van der Waals surface area contributed by atoms with E-state index in [1.165, 1.54) is 283 Å². The van der Waals surface area contributed by atoms with E-state index in [2.05, 4.69) is 43.5 Å². The summed E-state index contributed by atoms with van der Waals surface area (Å²) in [5.74, 6) is -0.0573. The first kappa shape index (κ1) is 71.1. The topological polar surface area (TPSA) is 95.9 Å². The molecule has 0 radical (unpaired) electrons. The van der Waals surface area contributed by atoms with Crippen LogP contribution < -0.4 is 5.32 Å². The van der Waals surface area contributed by atoms with Crippen LogP contribution in [0.1, 0.15) is 354 Å². The molecule has 0 saturated heterocycles. The molecule has 1 amide bonds. The fourth-order valence-corrected chi connectivity index (χ4v) is 10.1. The number of carbonyl (C=O) groups is 2. The van der Waals surface area contributed by atoms with Gasteiger partial charge >= 0.3 is 5.97 Å². The van der Waals surface area contributed by atoms with Crippen LogP contribution >= 0.6 is 0 Å². The van der Waals surface area contributed by atoms with E-state index in [1.807, 2.05) is 6.08 Å². The van der Waals surface area contributed by atoms with E-state index in [-0.39, 0.29) is 18.5 Å². The molecule has 0 heterocycles. The highest BCUT2D eigenvalue weighted by Crippen LogP contribution is 2.17. The average molecular weight is 1030 g/mol. The van der Waals surface area contributed by atoms with Gasteiger partial charge in [-0.05, 0) is 83.5 Å². The van der Waals surface area contributed by atoms with Gasteiger partial charge in [-0.1, -0.05) is 294 Å². The summed E-state index contributed by atoms with van der Waals surface area (Å²) in [6.45, 7) is 4.91. The Morgan fingerprint density at radius 3 is 0.973 bits per heavy atom. The summed E-state index contributed by atoms with van der Waals surface area (Å²) in [5.41, 5.74) is 0. The Balaban J connectivity index is 3.38. The molecule has 73 heavy (non-hydrogen) atoms. The molecule has 0 aromatic carbocycles. The smallest absolute Gasteiger partial charge is 0.305 e. The van der Waals surface area contributed by atoms with Gasteiger partial charge in [0.1, 0.15) is 0 Å². The third-order valence-electron chi connectivity index (χ3n) is 15.1. The molecular formula is C67H127NO5. The number of allylic oxidation sites excluding steroid dienone is 5. The lowest BCUT2D eigenvalue weighted by Crippen LogP contribution is -2.45. The lowest BCUT2D eigenvalue weighted by atomic mass is 10.0. The third kappa shape index (κ3) is 59.2. The van der Waals surface area contributed by atoms with Crippen LogP contribution in [-0.2, 0) is 14.3 Å². The van der Waals surface area contributed by atoms with Crippen molar-refractivity contribution in [3.05, 3.63) is 36.5 Å². The molecule has 0 aliphatic heterocycles. The van der Waals surface area contributed by atoms with Crippen molar-refractivity contribution in [2.45, 2.75) is 366 Å². The number of nitrogens with one attached hydrogen (secondary N) is 1. The number of esters is 1. The molecule has 0 bridgehead atoms. The number of aliphatic hydroxyl groups is 2. The minimum Gasteiger partial charge on any atom is -0.466 e. The van der Waals surface area contributed by atoms with Gasteiger partial charge in [-0.25, -0.2) is 0 Å². The van der Waals surface area contributed by atoms with E-state index in [9.17, 15) is 19.8 Å². The Morgan fingerprint density at radius 1 is 0.370 bits per heavy atom. The van der Waals surface area contributed by atoms with Crippen molar-refractivity contribution in [1.29, 1.82) is 0 Å². The van der Waals surface area contributed by atoms with Crippen LogP contribution in [0.3, 0.4) is 0 Å². The fraction of sp³-hybridized carbons (Fsp3) is 0.881. The average Bonchev–Trinajstić information content (AvgIpc) is 3.39. The van der Waals surface area contributed by atoms with Crippen molar-refractivity contribution >= 4 is 11.9 Å². The van der Waals surface area contributed by atoms with Gasteiger partial charge in [0.05, 0.1) is 25.4 Å². The van der Waals surface area contributed by atoms with E-state index >= 15 is 0 Å². The van der Waals surface area contributed by atoms with Crippen molar-refractivity contribution in [3.63, 3.8) is 0 Å².